The Morgan fingerprint density at radius 2 is 1.82 bits per heavy atom. The predicted molar refractivity (Wildman–Crippen MR) is 136 cm³/mol. The quantitative estimate of drug-likeness (QED) is 0.321. The maximum absolute atomic E-state index is 6.04. The number of nitrogens with zero attached hydrogens (tertiary/aromatic N) is 3. The van der Waals surface area contributed by atoms with Crippen LogP contribution < -0.4 is 9.47 Å². The summed E-state index contributed by atoms with van der Waals surface area (Å²) in [5.74, 6) is 2.81. The highest BCUT2D eigenvalue weighted by Gasteiger charge is 2.13. The third kappa shape index (κ3) is 6.17. The smallest absolute Gasteiger partial charge is 0.161 e. The van der Waals surface area contributed by atoms with E-state index in [9.17, 15) is 0 Å². The van der Waals surface area contributed by atoms with Gasteiger partial charge in [-0.3, -0.25) is 0 Å². The number of ether oxygens (including phenoxy) is 2. The van der Waals surface area contributed by atoms with Gasteiger partial charge >= 0.3 is 0 Å². The van der Waals surface area contributed by atoms with Crippen molar-refractivity contribution in [1.82, 2.24) is 14.5 Å². The lowest BCUT2D eigenvalue weighted by Crippen LogP contribution is -2.21. The van der Waals surface area contributed by atoms with Crippen LogP contribution in [0.25, 0.3) is 17.1 Å². The zero-order chi connectivity index (χ0) is 22.9. The zero-order valence-corrected chi connectivity index (χ0v) is 20.1. The van der Waals surface area contributed by atoms with E-state index in [1.54, 1.807) is 7.11 Å². The van der Waals surface area contributed by atoms with Crippen LogP contribution in [-0.4, -0.2) is 47.8 Å². The summed E-state index contributed by atoms with van der Waals surface area (Å²) in [6.07, 6.45) is 11.0. The molecule has 0 amide bonds. The number of methoxy groups -OCH3 is 1. The molecule has 0 radical (unpaired) electrons. The molecule has 1 saturated heterocycles. The maximum atomic E-state index is 6.04. The first kappa shape index (κ1) is 23.4. The normalized spacial score (nSPS) is 14.5. The number of rotatable bonds is 12. The molecule has 1 aliphatic rings. The van der Waals surface area contributed by atoms with Crippen LogP contribution in [0.5, 0.6) is 11.5 Å². The summed E-state index contributed by atoms with van der Waals surface area (Å²) >= 11 is 0. The fourth-order valence-corrected chi connectivity index (χ4v) is 4.69. The largest absolute Gasteiger partial charge is 0.493 e. The lowest BCUT2D eigenvalue weighted by molar-refractivity contribution is 0.283. The van der Waals surface area contributed by atoms with Crippen molar-refractivity contribution in [2.24, 2.45) is 0 Å². The molecule has 33 heavy (non-hydrogen) atoms. The fraction of sp³-hybridized carbons (Fsp3) is 0.464. The van der Waals surface area contributed by atoms with E-state index in [0.29, 0.717) is 6.61 Å². The van der Waals surface area contributed by atoms with Crippen LogP contribution in [0.2, 0.25) is 0 Å². The van der Waals surface area contributed by atoms with Gasteiger partial charge in [-0.2, -0.15) is 0 Å². The summed E-state index contributed by atoms with van der Waals surface area (Å²) in [5.41, 5.74) is 3.47. The van der Waals surface area contributed by atoms with E-state index in [1.165, 1.54) is 50.2 Å². The van der Waals surface area contributed by atoms with E-state index in [0.717, 1.165) is 48.4 Å². The van der Waals surface area contributed by atoms with Gasteiger partial charge in [-0.1, -0.05) is 30.4 Å². The van der Waals surface area contributed by atoms with Gasteiger partial charge in [0.2, 0.25) is 0 Å². The molecule has 1 aliphatic heterocycles. The second-order valence-electron chi connectivity index (χ2n) is 8.79. The van der Waals surface area contributed by atoms with Crippen molar-refractivity contribution in [3.8, 4) is 11.5 Å². The summed E-state index contributed by atoms with van der Waals surface area (Å²) in [6, 6.07) is 14.6. The topological polar surface area (TPSA) is 39.5 Å². The summed E-state index contributed by atoms with van der Waals surface area (Å²) < 4.78 is 14.0. The van der Waals surface area contributed by atoms with Gasteiger partial charge in [-0.25, -0.2) is 4.98 Å². The monoisotopic (exact) mass is 447 g/mol. The van der Waals surface area contributed by atoms with Crippen molar-refractivity contribution in [3.05, 3.63) is 59.9 Å². The van der Waals surface area contributed by atoms with E-state index in [-0.39, 0.29) is 0 Å². The average Bonchev–Trinajstić information content (AvgIpc) is 3.48. The van der Waals surface area contributed by atoms with Gasteiger partial charge in [0, 0.05) is 13.0 Å². The molecule has 0 bridgehead atoms. The van der Waals surface area contributed by atoms with Crippen LogP contribution in [0.1, 0.15) is 50.4 Å². The van der Waals surface area contributed by atoms with Crippen LogP contribution in [0.15, 0.2) is 48.5 Å². The van der Waals surface area contributed by atoms with E-state index in [1.807, 2.05) is 25.1 Å². The number of allylic oxidation sites excluding steroid dienone is 1. The molecule has 176 valence electrons. The van der Waals surface area contributed by atoms with Crippen molar-refractivity contribution < 1.29 is 9.47 Å². The lowest BCUT2D eigenvalue weighted by Gasteiger charge is -2.15. The predicted octanol–water partition coefficient (Wildman–Crippen LogP) is 5.97. The van der Waals surface area contributed by atoms with Crippen molar-refractivity contribution in [3.63, 3.8) is 0 Å². The molecule has 1 aromatic heterocycles. The third-order valence-electron chi connectivity index (χ3n) is 6.39. The van der Waals surface area contributed by atoms with Gasteiger partial charge in [-0.05, 0) is 88.5 Å². The van der Waals surface area contributed by atoms with E-state index in [2.05, 4.69) is 45.9 Å². The minimum atomic E-state index is 0.677. The van der Waals surface area contributed by atoms with Crippen molar-refractivity contribution in [2.45, 2.75) is 52.0 Å². The zero-order valence-electron chi connectivity index (χ0n) is 20.1. The van der Waals surface area contributed by atoms with E-state index in [4.69, 9.17) is 14.5 Å². The van der Waals surface area contributed by atoms with E-state index < -0.39 is 0 Å². The van der Waals surface area contributed by atoms with Gasteiger partial charge < -0.3 is 18.9 Å². The van der Waals surface area contributed by atoms with Crippen LogP contribution in [0.3, 0.4) is 0 Å². The Bertz CT molecular complexity index is 1050. The van der Waals surface area contributed by atoms with Gasteiger partial charge in [0.1, 0.15) is 5.82 Å². The minimum Gasteiger partial charge on any atom is -0.493 e. The van der Waals surface area contributed by atoms with Crippen molar-refractivity contribution in [1.29, 1.82) is 0 Å². The maximum Gasteiger partial charge on any atom is 0.161 e. The first-order valence-corrected chi connectivity index (χ1v) is 12.4. The molecule has 0 saturated carbocycles. The lowest BCUT2D eigenvalue weighted by atomic mass is 10.2. The number of benzene rings is 2. The first-order valence-electron chi connectivity index (χ1n) is 12.4. The molecule has 1 fully saturated rings. The minimum absolute atomic E-state index is 0.677. The average molecular weight is 448 g/mol. The van der Waals surface area contributed by atoms with Crippen molar-refractivity contribution in [2.75, 3.05) is 33.4 Å². The summed E-state index contributed by atoms with van der Waals surface area (Å²) in [7, 11) is 1.69. The standard InChI is InChI=1S/C28H37N3O2/c1-3-11-23-15-16-26(27(22-23)32-2)33-21-9-8-20-31-25-13-5-4-12-24(25)29-28(31)14-10-19-30-17-6-7-18-30/h3-5,11-13,15-16,22H,6-10,14,17-21H2,1-2H3/b11-3+. The number of hydrogen-bond acceptors (Lipinski definition) is 4. The van der Waals surface area contributed by atoms with Gasteiger partial charge in [0.25, 0.3) is 0 Å². The number of likely N-dealkylation sites (tertiary alicyclic amines) is 1. The number of unbranched alkanes of at least 4 members (excludes halogenated alkanes) is 1. The molecule has 5 heteroatoms. The summed E-state index contributed by atoms with van der Waals surface area (Å²) in [6.45, 7) is 7.38. The van der Waals surface area contributed by atoms with Gasteiger partial charge in [0.05, 0.1) is 24.8 Å². The molecule has 4 rings (SSSR count). The molecule has 0 unspecified atom stereocenters. The number of aromatic nitrogens is 2. The fourth-order valence-electron chi connectivity index (χ4n) is 4.69. The second-order valence-corrected chi connectivity index (χ2v) is 8.79. The van der Waals surface area contributed by atoms with E-state index >= 15 is 0 Å². The Kier molecular flexibility index (Phi) is 8.42. The molecule has 0 atom stereocenters. The Balaban J connectivity index is 1.31. The molecule has 5 nitrogen and oxygen atoms in total. The highest BCUT2D eigenvalue weighted by Crippen LogP contribution is 2.29. The van der Waals surface area contributed by atoms with Crippen LogP contribution >= 0.6 is 0 Å². The Morgan fingerprint density at radius 3 is 2.64 bits per heavy atom. The Morgan fingerprint density at radius 1 is 0.970 bits per heavy atom. The highest BCUT2D eigenvalue weighted by molar-refractivity contribution is 5.75. The SMILES string of the molecule is C/C=C/c1ccc(OCCCCn2c(CCCN3CCCC3)nc3ccccc32)c(OC)c1. The first-order chi connectivity index (χ1) is 16.3. The molecule has 2 aromatic carbocycles. The number of imidazole rings is 1. The van der Waals surface area contributed by atoms with Crippen LogP contribution in [0, 0.1) is 0 Å². The highest BCUT2D eigenvalue weighted by atomic mass is 16.5. The Hall–Kier alpha value is -2.79. The van der Waals surface area contributed by atoms with Crippen LogP contribution in [-0.2, 0) is 13.0 Å². The number of fused-ring (bicyclic) bond motifs is 1. The number of para-hydroxylation sites is 2. The van der Waals surface area contributed by atoms with Gasteiger partial charge in [0.15, 0.2) is 11.5 Å². The molecular weight excluding hydrogens is 410 g/mol. The number of hydrogen-bond donors (Lipinski definition) is 0. The molecule has 3 aromatic rings. The molecule has 0 spiro atoms. The van der Waals surface area contributed by atoms with Crippen LogP contribution in [0.4, 0.5) is 0 Å². The second kappa shape index (κ2) is 11.9. The molecular formula is C28H37N3O2. The van der Waals surface area contributed by atoms with Gasteiger partial charge in [-0.15, -0.1) is 0 Å². The summed E-state index contributed by atoms with van der Waals surface area (Å²) in [4.78, 5) is 7.55. The Labute approximate surface area is 198 Å². The summed E-state index contributed by atoms with van der Waals surface area (Å²) in [5, 5.41) is 0. The molecule has 0 aliphatic carbocycles. The third-order valence-corrected chi connectivity index (χ3v) is 6.39. The molecule has 2 heterocycles. The number of aryl methyl sites for hydroxylation is 2. The van der Waals surface area contributed by atoms with Crippen molar-refractivity contribution >= 4 is 17.1 Å². The molecule has 0 N–H and O–H groups in total.